The van der Waals surface area contributed by atoms with Crippen molar-refractivity contribution in [2.24, 2.45) is 0 Å². The molecule has 2 unspecified atom stereocenters. The van der Waals surface area contributed by atoms with Gasteiger partial charge in [-0.25, -0.2) is 9.78 Å². The molecule has 3 heterocycles. The summed E-state index contributed by atoms with van der Waals surface area (Å²) >= 11 is 0. The Morgan fingerprint density at radius 3 is 3.05 bits per heavy atom. The van der Waals surface area contributed by atoms with E-state index in [0.717, 1.165) is 25.3 Å². The van der Waals surface area contributed by atoms with Gasteiger partial charge in [0.05, 0.1) is 19.5 Å². The third-order valence-electron chi connectivity index (χ3n) is 4.17. The van der Waals surface area contributed by atoms with Gasteiger partial charge in [-0.1, -0.05) is 0 Å². The molecular formula is C14H20N4O2. The van der Waals surface area contributed by atoms with Gasteiger partial charge in [-0.05, 0) is 32.2 Å². The Morgan fingerprint density at radius 2 is 2.30 bits per heavy atom. The van der Waals surface area contributed by atoms with Gasteiger partial charge < -0.3 is 15.0 Å². The minimum atomic E-state index is -0.436. The molecule has 1 N–H and O–H groups in total. The molecule has 0 aromatic carbocycles. The lowest BCUT2D eigenvalue weighted by Gasteiger charge is -2.30. The highest BCUT2D eigenvalue weighted by Gasteiger charge is 2.34. The van der Waals surface area contributed by atoms with Crippen LogP contribution in [-0.4, -0.2) is 48.2 Å². The molecule has 6 heteroatoms. The first-order valence-electron chi connectivity index (χ1n) is 7.20. The van der Waals surface area contributed by atoms with Crippen molar-refractivity contribution in [3.05, 3.63) is 18.1 Å². The molecule has 2 aliphatic heterocycles. The molecule has 2 fully saturated rings. The number of methoxy groups -OCH3 is 1. The zero-order valence-corrected chi connectivity index (χ0v) is 11.7. The fraction of sp³-hybridized carbons (Fsp3) is 0.643. The summed E-state index contributed by atoms with van der Waals surface area (Å²) < 4.78 is 4.71. The standard InChI is InChI=1S/C14H20N4O2/c1-20-14(19)11-8-15-9-13(17-11)18-7-3-5-12(18)10-4-2-6-16-10/h8-10,12,16H,2-7H2,1H3. The average molecular weight is 276 g/mol. The van der Waals surface area contributed by atoms with Crippen molar-refractivity contribution in [2.75, 3.05) is 25.1 Å². The number of carbonyl (C=O) groups excluding carboxylic acids is 1. The van der Waals surface area contributed by atoms with Crippen LogP contribution in [0.4, 0.5) is 5.82 Å². The number of hydrogen-bond donors (Lipinski definition) is 1. The Morgan fingerprint density at radius 1 is 1.40 bits per heavy atom. The minimum Gasteiger partial charge on any atom is -0.464 e. The number of aromatic nitrogens is 2. The van der Waals surface area contributed by atoms with Gasteiger partial charge in [0.15, 0.2) is 5.69 Å². The van der Waals surface area contributed by atoms with E-state index in [0.29, 0.717) is 12.1 Å². The van der Waals surface area contributed by atoms with Crippen molar-refractivity contribution < 1.29 is 9.53 Å². The Hall–Kier alpha value is -1.69. The summed E-state index contributed by atoms with van der Waals surface area (Å²) in [5.74, 6) is 0.346. The molecule has 0 spiro atoms. The zero-order valence-electron chi connectivity index (χ0n) is 11.7. The Balaban J connectivity index is 1.82. The lowest BCUT2D eigenvalue weighted by atomic mass is 10.0. The van der Waals surface area contributed by atoms with Gasteiger partial charge in [0.1, 0.15) is 5.82 Å². The first-order valence-corrected chi connectivity index (χ1v) is 7.20. The summed E-state index contributed by atoms with van der Waals surface area (Å²) in [5, 5.41) is 3.57. The third-order valence-corrected chi connectivity index (χ3v) is 4.17. The van der Waals surface area contributed by atoms with Gasteiger partial charge in [0, 0.05) is 18.6 Å². The van der Waals surface area contributed by atoms with Crippen LogP contribution < -0.4 is 10.2 Å². The number of nitrogens with one attached hydrogen (secondary N) is 1. The van der Waals surface area contributed by atoms with E-state index in [4.69, 9.17) is 4.74 Å². The first kappa shape index (κ1) is 13.3. The number of carbonyl (C=O) groups is 1. The SMILES string of the molecule is COC(=O)c1cncc(N2CCCC2C2CCCN2)n1. The summed E-state index contributed by atoms with van der Waals surface area (Å²) in [6.07, 6.45) is 7.97. The lowest BCUT2D eigenvalue weighted by molar-refractivity contribution is 0.0593. The molecule has 0 aliphatic carbocycles. The Labute approximate surface area is 118 Å². The van der Waals surface area contributed by atoms with E-state index >= 15 is 0 Å². The van der Waals surface area contributed by atoms with Gasteiger partial charge in [-0.3, -0.25) is 4.98 Å². The van der Waals surface area contributed by atoms with Crippen LogP contribution in [0.5, 0.6) is 0 Å². The molecule has 6 nitrogen and oxygen atoms in total. The van der Waals surface area contributed by atoms with Gasteiger partial charge >= 0.3 is 5.97 Å². The van der Waals surface area contributed by atoms with Gasteiger partial charge in [0.2, 0.25) is 0 Å². The number of nitrogens with zero attached hydrogens (tertiary/aromatic N) is 3. The number of esters is 1. The van der Waals surface area contributed by atoms with Gasteiger partial charge in [-0.15, -0.1) is 0 Å². The predicted octanol–water partition coefficient (Wildman–Crippen LogP) is 0.984. The van der Waals surface area contributed by atoms with Crippen LogP contribution in [0.25, 0.3) is 0 Å². The molecule has 0 radical (unpaired) electrons. The minimum absolute atomic E-state index is 0.273. The maximum atomic E-state index is 11.6. The molecule has 20 heavy (non-hydrogen) atoms. The van der Waals surface area contributed by atoms with Crippen molar-refractivity contribution in [2.45, 2.75) is 37.8 Å². The van der Waals surface area contributed by atoms with Gasteiger partial charge in [0.25, 0.3) is 0 Å². The largest absolute Gasteiger partial charge is 0.464 e. The van der Waals surface area contributed by atoms with Crippen LogP contribution in [0.2, 0.25) is 0 Å². The molecule has 2 aliphatic rings. The molecule has 1 aromatic rings. The van der Waals surface area contributed by atoms with E-state index in [-0.39, 0.29) is 5.69 Å². The van der Waals surface area contributed by atoms with Crippen LogP contribution in [-0.2, 0) is 4.74 Å². The van der Waals surface area contributed by atoms with Crippen LogP contribution in [0.1, 0.15) is 36.2 Å². The number of hydrogen-bond acceptors (Lipinski definition) is 6. The van der Waals surface area contributed by atoms with Gasteiger partial charge in [-0.2, -0.15) is 0 Å². The van der Waals surface area contributed by atoms with Crippen molar-refractivity contribution in [1.29, 1.82) is 0 Å². The second kappa shape index (κ2) is 5.75. The fourth-order valence-electron chi connectivity index (χ4n) is 3.23. The molecule has 3 rings (SSSR count). The second-order valence-corrected chi connectivity index (χ2v) is 5.36. The van der Waals surface area contributed by atoms with Crippen molar-refractivity contribution in [3.8, 4) is 0 Å². The van der Waals surface area contributed by atoms with Crippen LogP contribution in [0.3, 0.4) is 0 Å². The van der Waals surface area contributed by atoms with Crippen molar-refractivity contribution >= 4 is 11.8 Å². The first-order chi connectivity index (χ1) is 9.79. The molecule has 2 atom stereocenters. The highest BCUT2D eigenvalue weighted by atomic mass is 16.5. The summed E-state index contributed by atoms with van der Waals surface area (Å²) in [7, 11) is 1.36. The van der Waals surface area contributed by atoms with Crippen molar-refractivity contribution in [1.82, 2.24) is 15.3 Å². The quantitative estimate of drug-likeness (QED) is 0.830. The number of ether oxygens (including phenoxy) is 1. The summed E-state index contributed by atoms with van der Waals surface area (Å²) in [6, 6.07) is 0.987. The van der Waals surface area contributed by atoms with E-state index in [1.54, 1.807) is 6.20 Å². The smallest absolute Gasteiger partial charge is 0.358 e. The summed E-state index contributed by atoms with van der Waals surface area (Å²) in [6.45, 7) is 2.07. The predicted molar refractivity (Wildman–Crippen MR) is 74.8 cm³/mol. The monoisotopic (exact) mass is 276 g/mol. The Kier molecular flexibility index (Phi) is 3.82. The summed E-state index contributed by atoms with van der Waals surface area (Å²) in [4.78, 5) is 22.4. The second-order valence-electron chi connectivity index (χ2n) is 5.36. The van der Waals surface area contributed by atoms with Crippen molar-refractivity contribution in [3.63, 3.8) is 0 Å². The lowest BCUT2D eigenvalue weighted by Crippen LogP contribution is -2.44. The van der Waals surface area contributed by atoms with Crippen LogP contribution in [0.15, 0.2) is 12.4 Å². The maximum absolute atomic E-state index is 11.6. The molecule has 2 saturated heterocycles. The zero-order chi connectivity index (χ0) is 13.9. The van der Waals surface area contributed by atoms with E-state index in [1.165, 1.54) is 32.6 Å². The Bertz CT molecular complexity index is 488. The molecule has 0 saturated carbocycles. The molecule has 1 aromatic heterocycles. The molecule has 108 valence electrons. The topological polar surface area (TPSA) is 67.3 Å². The molecule has 0 amide bonds. The van der Waals surface area contributed by atoms with E-state index in [9.17, 15) is 4.79 Å². The third kappa shape index (κ3) is 2.47. The number of rotatable bonds is 3. The molecule has 0 bridgehead atoms. The fourth-order valence-corrected chi connectivity index (χ4v) is 3.23. The van der Waals surface area contributed by atoms with Crippen LogP contribution in [0, 0.1) is 0 Å². The highest BCUT2D eigenvalue weighted by Crippen LogP contribution is 2.28. The normalized spacial score (nSPS) is 25.9. The molecular weight excluding hydrogens is 256 g/mol. The van der Waals surface area contributed by atoms with E-state index in [1.807, 2.05) is 0 Å². The highest BCUT2D eigenvalue weighted by molar-refractivity contribution is 5.87. The average Bonchev–Trinajstić information content (AvgIpc) is 3.16. The summed E-state index contributed by atoms with van der Waals surface area (Å²) in [5.41, 5.74) is 0.273. The number of anilines is 1. The van der Waals surface area contributed by atoms with E-state index in [2.05, 4.69) is 20.2 Å². The van der Waals surface area contributed by atoms with E-state index < -0.39 is 5.97 Å². The maximum Gasteiger partial charge on any atom is 0.358 e. The van der Waals surface area contributed by atoms with Crippen LogP contribution >= 0.6 is 0 Å².